The van der Waals surface area contributed by atoms with E-state index in [1.165, 1.54) is 64.0 Å². The largest absolute Gasteiger partial charge is 0.378 e. The monoisotopic (exact) mass is 355 g/mol. The average molecular weight is 356 g/mol. The smallest absolute Gasteiger partial charge is 0.0635 e. The van der Waals surface area contributed by atoms with Gasteiger partial charge in [0.2, 0.25) is 0 Å². The lowest BCUT2D eigenvalue weighted by molar-refractivity contribution is -0.0959. The van der Waals surface area contributed by atoms with E-state index in [9.17, 15) is 0 Å². The van der Waals surface area contributed by atoms with Gasteiger partial charge >= 0.3 is 0 Å². The molecule has 26 heavy (non-hydrogen) atoms. The van der Waals surface area contributed by atoms with Gasteiger partial charge in [-0.15, -0.1) is 0 Å². The maximum atomic E-state index is 6.00. The molecule has 3 aliphatic heterocycles. The molecule has 0 radical (unpaired) electrons. The predicted molar refractivity (Wildman–Crippen MR) is 104 cm³/mol. The second-order valence-electron chi connectivity index (χ2n) is 8.82. The molecule has 0 amide bonds. The molecule has 4 fully saturated rings. The highest BCUT2D eigenvalue weighted by molar-refractivity contribution is 5.14. The minimum Gasteiger partial charge on any atom is -0.378 e. The van der Waals surface area contributed by atoms with Crippen LogP contribution in [0.4, 0.5) is 0 Å². The van der Waals surface area contributed by atoms with Crippen molar-refractivity contribution in [3.8, 4) is 0 Å². The molecule has 2 atom stereocenters. The van der Waals surface area contributed by atoms with Crippen LogP contribution in [0.5, 0.6) is 0 Å². The zero-order valence-corrected chi connectivity index (χ0v) is 15.9. The summed E-state index contributed by atoms with van der Waals surface area (Å²) in [6, 6.07) is 13.1. The molecule has 5 rings (SSSR count). The van der Waals surface area contributed by atoms with Gasteiger partial charge in [0.1, 0.15) is 0 Å². The molecule has 3 heterocycles. The first-order chi connectivity index (χ1) is 12.9. The van der Waals surface area contributed by atoms with E-state index in [1.807, 2.05) is 0 Å². The number of nitrogens with zero attached hydrogens (tertiary/aromatic N) is 3. The fourth-order valence-electron chi connectivity index (χ4n) is 5.40. The van der Waals surface area contributed by atoms with Crippen LogP contribution in [0.2, 0.25) is 0 Å². The van der Waals surface area contributed by atoms with Gasteiger partial charge in [-0.05, 0) is 50.3 Å². The molecular formula is C22H33N3O. The first kappa shape index (κ1) is 17.2. The number of piperazine rings is 1. The topological polar surface area (TPSA) is 19.0 Å². The summed E-state index contributed by atoms with van der Waals surface area (Å²) in [5.74, 6) is 0.936. The highest BCUT2D eigenvalue weighted by Crippen LogP contribution is 2.38. The summed E-state index contributed by atoms with van der Waals surface area (Å²) in [6.07, 6.45) is 5.51. The van der Waals surface area contributed by atoms with Gasteiger partial charge in [-0.3, -0.25) is 14.7 Å². The SMILES string of the molecule is c1ccc(CN2CCC(N3CCN4[C@@H](COC[C@@H]4C4CC4)C3)CC2)cc1. The maximum absolute atomic E-state index is 6.00. The number of hydrogen-bond donors (Lipinski definition) is 0. The van der Waals surface area contributed by atoms with Crippen molar-refractivity contribution in [2.75, 3.05) is 45.9 Å². The van der Waals surface area contributed by atoms with Gasteiger partial charge in [0.05, 0.1) is 13.2 Å². The molecular weight excluding hydrogens is 322 g/mol. The van der Waals surface area contributed by atoms with Gasteiger partial charge in [-0.25, -0.2) is 0 Å². The lowest BCUT2D eigenvalue weighted by atomic mass is 9.98. The summed E-state index contributed by atoms with van der Waals surface area (Å²) in [6.45, 7) is 9.29. The molecule has 1 aromatic carbocycles. The van der Waals surface area contributed by atoms with Crippen molar-refractivity contribution in [2.45, 2.75) is 50.4 Å². The number of hydrogen-bond acceptors (Lipinski definition) is 4. The first-order valence-electron chi connectivity index (χ1n) is 10.7. The Morgan fingerprint density at radius 1 is 0.846 bits per heavy atom. The van der Waals surface area contributed by atoms with E-state index in [1.54, 1.807) is 0 Å². The lowest BCUT2D eigenvalue weighted by Gasteiger charge is -2.51. The Bertz CT molecular complexity index is 582. The van der Waals surface area contributed by atoms with Crippen molar-refractivity contribution < 1.29 is 4.74 Å². The number of fused-ring (bicyclic) bond motifs is 1. The second-order valence-corrected chi connectivity index (χ2v) is 8.82. The van der Waals surface area contributed by atoms with Crippen LogP contribution in [-0.4, -0.2) is 78.8 Å². The van der Waals surface area contributed by atoms with Gasteiger partial charge in [0.25, 0.3) is 0 Å². The Hall–Kier alpha value is -0.940. The van der Waals surface area contributed by atoms with E-state index < -0.39 is 0 Å². The van der Waals surface area contributed by atoms with Gasteiger partial charge in [0, 0.05) is 44.3 Å². The number of ether oxygens (including phenoxy) is 1. The average Bonchev–Trinajstić information content (AvgIpc) is 3.54. The Labute approximate surface area is 158 Å². The van der Waals surface area contributed by atoms with Crippen molar-refractivity contribution in [1.82, 2.24) is 14.7 Å². The summed E-state index contributed by atoms with van der Waals surface area (Å²) in [4.78, 5) is 8.23. The van der Waals surface area contributed by atoms with Crippen LogP contribution in [0.1, 0.15) is 31.2 Å². The molecule has 1 aliphatic carbocycles. The number of morpholine rings is 1. The fourth-order valence-corrected chi connectivity index (χ4v) is 5.40. The fraction of sp³-hybridized carbons (Fsp3) is 0.727. The van der Waals surface area contributed by atoms with Gasteiger partial charge in [-0.2, -0.15) is 0 Å². The Balaban J connectivity index is 1.13. The highest BCUT2D eigenvalue weighted by atomic mass is 16.5. The third-order valence-electron chi connectivity index (χ3n) is 7.07. The van der Waals surface area contributed by atoms with Crippen LogP contribution >= 0.6 is 0 Å². The minimum absolute atomic E-state index is 0.644. The standard InChI is InChI=1S/C22H33N3O/c1-2-4-18(5-3-1)14-23-10-8-20(9-11-23)24-12-13-25-21(15-24)16-26-17-22(25)19-6-7-19/h1-5,19-22H,6-17H2/t21-,22-/m1/s1. The number of piperidine rings is 1. The first-order valence-corrected chi connectivity index (χ1v) is 10.7. The van der Waals surface area contributed by atoms with E-state index in [4.69, 9.17) is 4.74 Å². The Morgan fingerprint density at radius 3 is 2.42 bits per heavy atom. The molecule has 0 unspecified atom stereocenters. The van der Waals surface area contributed by atoms with E-state index in [0.717, 1.165) is 37.8 Å². The maximum Gasteiger partial charge on any atom is 0.0635 e. The summed E-state index contributed by atoms with van der Waals surface area (Å²) in [7, 11) is 0. The van der Waals surface area contributed by atoms with Crippen molar-refractivity contribution in [3.63, 3.8) is 0 Å². The highest BCUT2D eigenvalue weighted by Gasteiger charge is 2.43. The van der Waals surface area contributed by atoms with E-state index >= 15 is 0 Å². The summed E-state index contributed by atoms with van der Waals surface area (Å²) in [5, 5.41) is 0. The normalized spacial score (nSPS) is 32.5. The quantitative estimate of drug-likeness (QED) is 0.826. The molecule has 1 saturated carbocycles. The number of benzene rings is 1. The zero-order chi connectivity index (χ0) is 17.3. The van der Waals surface area contributed by atoms with Crippen molar-refractivity contribution in [2.24, 2.45) is 5.92 Å². The lowest BCUT2D eigenvalue weighted by Crippen LogP contribution is -2.64. The van der Waals surface area contributed by atoms with Crippen LogP contribution in [-0.2, 0) is 11.3 Å². The van der Waals surface area contributed by atoms with Crippen molar-refractivity contribution in [3.05, 3.63) is 35.9 Å². The van der Waals surface area contributed by atoms with Gasteiger partial charge < -0.3 is 4.74 Å². The molecule has 4 nitrogen and oxygen atoms in total. The summed E-state index contributed by atoms with van der Waals surface area (Å²) >= 11 is 0. The van der Waals surface area contributed by atoms with Gasteiger partial charge in [-0.1, -0.05) is 30.3 Å². The number of rotatable bonds is 4. The van der Waals surface area contributed by atoms with Crippen LogP contribution in [0.15, 0.2) is 30.3 Å². The van der Waals surface area contributed by atoms with Crippen molar-refractivity contribution >= 4 is 0 Å². The third-order valence-corrected chi connectivity index (χ3v) is 7.07. The molecule has 3 saturated heterocycles. The van der Waals surface area contributed by atoms with E-state index in [2.05, 4.69) is 45.0 Å². The van der Waals surface area contributed by atoms with Crippen LogP contribution < -0.4 is 0 Å². The Morgan fingerprint density at radius 2 is 1.65 bits per heavy atom. The third kappa shape index (κ3) is 3.70. The molecule has 0 bridgehead atoms. The zero-order valence-electron chi connectivity index (χ0n) is 15.9. The summed E-state index contributed by atoms with van der Waals surface area (Å²) in [5.41, 5.74) is 1.45. The predicted octanol–water partition coefficient (Wildman–Crippen LogP) is 2.45. The minimum atomic E-state index is 0.644. The Kier molecular flexibility index (Phi) is 5.01. The second kappa shape index (κ2) is 7.59. The molecule has 142 valence electrons. The summed E-state index contributed by atoms with van der Waals surface area (Å²) < 4.78 is 6.00. The van der Waals surface area contributed by atoms with Crippen LogP contribution in [0.3, 0.4) is 0 Å². The van der Waals surface area contributed by atoms with Crippen LogP contribution in [0.25, 0.3) is 0 Å². The number of likely N-dealkylation sites (tertiary alicyclic amines) is 1. The molecule has 4 heteroatoms. The molecule has 1 aromatic rings. The molecule has 0 spiro atoms. The van der Waals surface area contributed by atoms with E-state index in [-0.39, 0.29) is 0 Å². The van der Waals surface area contributed by atoms with Crippen LogP contribution in [0, 0.1) is 5.92 Å². The van der Waals surface area contributed by atoms with Crippen molar-refractivity contribution in [1.29, 1.82) is 0 Å². The molecule has 4 aliphatic rings. The molecule has 0 aromatic heterocycles. The van der Waals surface area contributed by atoms with Gasteiger partial charge in [0.15, 0.2) is 0 Å². The van der Waals surface area contributed by atoms with E-state index in [0.29, 0.717) is 6.04 Å². The molecule has 0 N–H and O–H groups in total.